The summed E-state index contributed by atoms with van der Waals surface area (Å²) in [5, 5.41) is 0. The molecular weight excluding hydrogens is 531 g/mol. The second kappa shape index (κ2) is 13.0. The summed E-state index contributed by atoms with van der Waals surface area (Å²) in [6.45, 7) is 6.98. The van der Waals surface area contributed by atoms with E-state index >= 15 is 0 Å². The first kappa shape index (κ1) is 29.2. The van der Waals surface area contributed by atoms with Crippen molar-refractivity contribution in [3.63, 3.8) is 0 Å². The van der Waals surface area contributed by atoms with Crippen molar-refractivity contribution in [1.82, 2.24) is 4.90 Å². The quantitative estimate of drug-likeness (QED) is 0.308. The maximum absolute atomic E-state index is 14.1. The molecule has 0 N–H and O–H groups in total. The molecule has 2 aliphatic rings. The molecule has 2 unspecified atom stereocenters. The minimum absolute atomic E-state index is 0.00397. The Morgan fingerprint density at radius 1 is 1.10 bits per heavy atom. The number of amides is 1. The number of piperidine rings is 1. The van der Waals surface area contributed by atoms with E-state index in [9.17, 15) is 22.8 Å². The Balaban J connectivity index is 1.42. The summed E-state index contributed by atoms with van der Waals surface area (Å²) >= 11 is 0.960. The number of benzene rings is 2. The van der Waals surface area contributed by atoms with Crippen LogP contribution in [0.25, 0.3) is 5.57 Å². The largest absolute Gasteiger partial charge is 0.466 e. The van der Waals surface area contributed by atoms with E-state index in [4.69, 9.17) is 14.2 Å². The molecule has 4 rings (SSSR count). The number of hydrogen-bond donors (Lipinski definition) is 0. The Bertz CT molecular complexity index is 1170. The fourth-order valence-electron chi connectivity index (χ4n) is 4.71. The van der Waals surface area contributed by atoms with Crippen LogP contribution >= 0.6 is 11.8 Å². The predicted octanol–water partition coefficient (Wildman–Crippen LogP) is 5.60. The van der Waals surface area contributed by atoms with Gasteiger partial charge in [-0.15, -0.1) is 0 Å². The highest BCUT2D eigenvalue weighted by atomic mass is 32.2. The van der Waals surface area contributed by atoms with Crippen molar-refractivity contribution >= 4 is 29.2 Å². The van der Waals surface area contributed by atoms with Crippen molar-refractivity contribution in [3.8, 4) is 0 Å². The number of nitrogens with zero attached hydrogens (tertiary/aromatic N) is 1. The molecule has 0 radical (unpaired) electrons. The molecule has 1 amide bonds. The second-order valence-electron chi connectivity index (χ2n) is 9.54. The lowest BCUT2D eigenvalue weighted by atomic mass is 9.95. The first-order chi connectivity index (χ1) is 18.7. The molecular formula is C29H32F3NO5S. The van der Waals surface area contributed by atoms with E-state index in [1.54, 1.807) is 6.92 Å². The summed E-state index contributed by atoms with van der Waals surface area (Å²) in [5.74, 6) is -1.02. The number of likely N-dealkylation sites (tertiary alicyclic amines) is 1. The van der Waals surface area contributed by atoms with E-state index in [1.165, 1.54) is 17.0 Å². The Morgan fingerprint density at radius 3 is 2.49 bits per heavy atom. The molecule has 0 saturated carbocycles. The topological polar surface area (TPSA) is 65.1 Å². The SMILES string of the molecule is C=C(C(=O)N1CCC(C(=O)OCC)CC1)c1ccc(SC2COCC(Cc3ccccc3)O2)c(C(F)(F)F)c1. The molecule has 6 nitrogen and oxygen atoms in total. The van der Waals surface area contributed by atoms with Gasteiger partial charge in [-0.05, 0) is 43.0 Å². The monoisotopic (exact) mass is 563 g/mol. The summed E-state index contributed by atoms with van der Waals surface area (Å²) in [5.41, 5.74) is -0.317. The van der Waals surface area contributed by atoms with Gasteiger partial charge in [0.05, 0.1) is 37.4 Å². The van der Waals surface area contributed by atoms with E-state index < -0.39 is 23.1 Å². The fourth-order valence-corrected chi connectivity index (χ4v) is 5.82. The fraction of sp³-hybridized carbons (Fsp3) is 0.448. The Morgan fingerprint density at radius 2 is 1.82 bits per heavy atom. The van der Waals surface area contributed by atoms with Crippen LogP contribution in [0.3, 0.4) is 0 Å². The number of esters is 1. The van der Waals surface area contributed by atoms with Crippen molar-refractivity contribution in [1.29, 1.82) is 0 Å². The molecule has 0 bridgehead atoms. The van der Waals surface area contributed by atoms with Gasteiger partial charge in [-0.3, -0.25) is 9.59 Å². The first-order valence-corrected chi connectivity index (χ1v) is 13.8. The van der Waals surface area contributed by atoms with Crippen LogP contribution in [0.1, 0.15) is 36.5 Å². The normalized spacial score (nSPS) is 20.5. The molecule has 210 valence electrons. The second-order valence-corrected chi connectivity index (χ2v) is 10.7. The van der Waals surface area contributed by atoms with E-state index in [0.717, 1.165) is 23.4 Å². The summed E-state index contributed by atoms with van der Waals surface area (Å²) in [6, 6.07) is 13.5. The zero-order valence-electron chi connectivity index (χ0n) is 21.7. The molecule has 2 aliphatic heterocycles. The maximum Gasteiger partial charge on any atom is 0.417 e. The summed E-state index contributed by atoms with van der Waals surface area (Å²) < 4.78 is 59.0. The van der Waals surface area contributed by atoms with Crippen molar-refractivity contribution in [3.05, 3.63) is 71.8 Å². The number of rotatable bonds is 8. The molecule has 2 saturated heterocycles. The van der Waals surface area contributed by atoms with Gasteiger partial charge in [0.25, 0.3) is 5.91 Å². The van der Waals surface area contributed by atoms with Gasteiger partial charge in [0, 0.05) is 30.0 Å². The van der Waals surface area contributed by atoms with Gasteiger partial charge in [0.2, 0.25) is 0 Å². The number of ether oxygens (including phenoxy) is 3. The first-order valence-electron chi connectivity index (χ1n) is 13.0. The number of carbonyl (C=O) groups is 2. The van der Waals surface area contributed by atoms with Crippen molar-refractivity contribution in [2.45, 2.75) is 48.8 Å². The standard InChI is InChI=1S/C29H32F3NO5S/c1-3-37-28(35)21-11-13-33(14-12-21)27(34)19(2)22-9-10-25(24(16-22)29(30,31)32)39-26-18-36-17-23(38-26)15-20-7-5-4-6-8-20/h4-10,16,21,23,26H,2-3,11-15,17-18H2,1H3. The van der Waals surface area contributed by atoms with Gasteiger partial charge < -0.3 is 19.1 Å². The molecule has 0 spiro atoms. The van der Waals surface area contributed by atoms with Gasteiger partial charge in [0.1, 0.15) is 5.44 Å². The summed E-state index contributed by atoms with van der Waals surface area (Å²) in [7, 11) is 0. The van der Waals surface area contributed by atoms with E-state index in [0.29, 0.717) is 45.6 Å². The average Bonchev–Trinajstić information content (AvgIpc) is 2.93. The highest BCUT2D eigenvalue weighted by Gasteiger charge is 2.36. The molecule has 0 aromatic heterocycles. The highest BCUT2D eigenvalue weighted by Crippen LogP contribution is 2.41. The molecule has 2 atom stereocenters. The zero-order chi connectivity index (χ0) is 28.0. The van der Waals surface area contributed by atoms with Crippen molar-refractivity contribution in [2.24, 2.45) is 5.92 Å². The Kier molecular flexibility index (Phi) is 9.74. The number of hydrogen-bond acceptors (Lipinski definition) is 6. The minimum Gasteiger partial charge on any atom is -0.466 e. The van der Waals surface area contributed by atoms with Gasteiger partial charge in [0.15, 0.2) is 0 Å². The number of thioether (sulfide) groups is 1. The predicted molar refractivity (Wildman–Crippen MR) is 142 cm³/mol. The van der Waals surface area contributed by atoms with Crippen LogP contribution in [0.4, 0.5) is 13.2 Å². The lowest BCUT2D eigenvalue weighted by Gasteiger charge is -2.31. The molecule has 39 heavy (non-hydrogen) atoms. The molecule has 10 heteroatoms. The Hall–Kier alpha value is -2.82. The lowest BCUT2D eigenvalue weighted by Crippen LogP contribution is -2.40. The van der Waals surface area contributed by atoms with Crippen LogP contribution in [-0.4, -0.2) is 61.2 Å². The van der Waals surface area contributed by atoms with E-state index in [2.05, 4.69) is 6.58 Å². The maximum atomic E-state index is 14.1. The van der Waals surface area contributed by atoms with Crippen molar-refractivity contribution in [2.75, 3.05) is 32.9 Å². The van der Waals surface area contributed by atoms with Crippen LogP contribution in [-0.2, 0) is 36.4 Å². The Labute approximate surface area is 230 Å². The molecule has 2 aromatic rings. The molecule has 2 aromatic carbocycles. The van der Waals surface area contributed by atoms with Gasteiger partial charge >= 0.3 is 12.1 Å². The van der Waals surface area contributed by atoms with E-state index in [-0.39, 0.29) is 40.6 Å². The third-order valence-electron chi connectivity index (χ3n) is 6.76. The van der Waals surface area contributed by atoms with Crippen molar-refractivity contribution < 1.29 is 37.0 Å². The van der Waals surface area contributed by atoms with Gasteiger partial charge in [-0.1, -0.05) is 54.7 Å². The number of alkyl halides is 3. The van der Waals surface area contributed by atoms with Crippen LogP contribution in [0, 0.1) is 5.92 Å². The molecule has 0 aliphatic carbocycles. The number of halogens is 3. The van der Waals surface area contributed by atoms with Crippen LogP contribution in [0.15, 0.2) is 60.0 Å². The molecule has 2 heterocycles. The minimum atomic E-state index is -4.64. The summed E-state index contributed by atoms with van der Waals surface area (Å²) in [4.78, 5) is 26.5. The molecule has 2 fully saturated rings. The van der Waals surface area contributed by atoms with Crippen LogP contribution in [0.5, 0.6) is 0 Å². The van der Waals surface area contributed by atoms with E-state index in [1.807, 2.05) is 30.3 Å². The van der Waals surface area contributed by atoms with Crippen LogP contribution < -0.4 is 0 Å². The lowest BCUT2D eigenvalue weighted by molar-refractivity contribution is -0.150. The number of carbonyl (C=O) groups excluding carboxylic acids is 2. The average molecular weight is 564 g/mol. The highest BCUT2D eigenvalue weighted by molar-refractivity contribution is 7.99. The van der Waals surface area contributed by atoms with Gasteiger partial charge in [-0.2, -0.15) is 13.2 Å². The van der Waals surface area contributed by atoms with Gasteiger partial charge in [-0.25, -0.2) is 0 Å². The van der Waals surface area contributed by atoms with Crippen LogP contribution in [0.2, 0.25) is 0 Å². The smallest absolute Gasteiger partial charge is 0.417 e. The third-order valence-corrected chi connectivity index (χ3v) is 7.88. The third kappa shape index (κ3) is 7.64. The summed E-state index contributed by atoms with van der Waals surface area (Å²) in [6.07, 6.45) is -3.43. The zero-order valence-corrected chi connectivity index (χ0v) is 22.6.